The van der Waals surface area contributed by atoms with Gasteiger partial charge in [-0.15, -0.1) is 11.8 Å². The molecule has 0 bridgehead atoms. The van der Waals surface area contributed by atoms with E-state index in [9.17, 15) is 4.79 Å². The maximum Gasteiger partial charge on any atom is 0.146 e. The second-order valence-corrected chi connectivity index (χ2v) is 5.22. The van der Waals surface area contributed by atoms with Crippen LogP contribution in [-0.2, 0) is 4.79 Å². The summed E-state index contributed by atoms with van der Waals surface area (Å²) in [5.74, 6) is 0.972. The minimum absolute atomic E-state index is 0.237. The molecule has 72 valence electrons. The molecule has 0 amide bonds. The minimum Gasteiger partial charge on any atom is -0.298 e. The van der Waals surface area contributed by atoms with E-state index in [1.165, 1.54) is 16.9 Å². The maximum absolute atomic E-state index is 11.7. The van der Waals surface area contributed by atoms with Crippen molar-refractivity contribution in [2.75, 3.05) is 0 Å². The molecule has 0 aromatic heterocycles. The first kappa shape index (κ1) is 8.54. The summed E-state index contributed by atoms with van der Waals surface area (Å²) in [6.07, 6.45) is 3.07. The minimum atomic E-state index is 0.237. The van der Waals surface area contributed by atoms with Gasteiger partial charge >= 0.3 is 0 Å². The zero-order valence-electron chi connectivity index (χ0n) is 7.90. The van der Waals surface area contributed by atoms with Crippen molar-refractivity contribution in [3.63, 3.8) is 0 Å². The zero-order chi connectivity index (χ0) is 9.54. The summed E-state index contributed by atoms with van der Waals surface area (Å²) in [4.78, 5) is 13.1. The van der Waals surface area contributed by atoms with Crippen LogP contribution >= 0.6 is 11.8 Å². The number of carbonyl (C=O) groups is 1. The van der Waals surface area contributed by atoms with Gasteiger partial charge in [0.25, 0.3) is 0 Å². The van der Waals surface area contributed by atoms with Gasteiger partial charge in [0.15, 0.2) is 0 Å². The zero-order valence-corrected chi connectivity index (χ0v) is 8.72. The molecule has 2 aliphatic rings. The Morgan fingerprint density at radius 2 is 2.14 bits per heavy atom. The van der Waals surface area contributed by atoms with E-state index in [0.717, 1.165) is 12.8 Å². The summed E-state index contributed by atoms with van der Waals surface area (Å²) >= 11 is 1.78. The molecule has 1 aliphatic carbocycles. The fourth-order valence-corrected chi connectivity index (χ4v) is 3.99. The molecule has 1 heterocycles. The highest BCUT2D eigenvalue weighted by molar-refractivity contribution is 8.01. The van der Waals surface area contributed by atoms with Crippen molar-refractivity contribution in [2.45, 2.75) is 35.3 Å². The van der Waals surface area contributed by atoms with E-state index in [4.69, 9.17) is 0 Å². The van der Waals surface area contributed by atoms with Gasteiger partial charge in [0.05, 0.1) is 5.25 Å². The largest absolute Gasteiger partial charge is 0.298 e. The van der Waals surface area contributed by atoms with Gasteiger partial charge in [-0.05, 0) is 24.5 Å². The van der Waals surface area contributed by atoms with Gasteiger partial charge in [-0.2, -0.15) is 0 Å². The van der Waals surface area contributed by atoms with Crippen LogP contribution in [0.25, 0.3) is 0 Å². The van der Waals surface area contributed by atoms with E-state index in [0.29, 0.717) is 11.7 Å². The fourth-order valence-electron chi connectivity index (χ4n) is 2.51. The third kappa shape index (κ3) is 1.13. The summed E-state index contributed by atoms with van der Waals surface area (Å²) in [7, 11) is 0. The number of thioether (sulfide) groups is 1. The monoisotopic (exact) mass is 204 g/mol. The molecule has 1 aromatic carbocycles. The van der Waals surface area contributed by atoms with Gasteiger partial charge < -0.3 is 0 Å². The van der Waals surface area contributed by atoms with E-state index >= 15 is 0 Å². The van der Waals surface area contributed by atoms with Crippen molar-refractivity contribution in [1.29, 1.82) is 0 Å². The first-order chi connectivity index (χ1) is 6.86. The summed E-state index contributed by atoms with van der Waals surface area (Å²) in [5.41, 5.74) is 1.41. The number of fused-ring (bicyclic) bond motifs is 3. The first-order valence-electron chi connectivity index (χ1n) is 5.14. The summed E-state index contributed by atoms with van der Waals surface area (Å²) in [6.45, 7) is 0. The van der Waals surface area contributed by atoms with Crippen LogP contribution in [0, 0.1) is 0 Å². The van der Waals surface area contributed by atoms with E-state index in [2.05, 4.69) is 24.3 Å². The number of hydrogen-bond donors (Lipinski definition) is 0. The third-order valence-corrected chi connectivity index (χ3v) is 4.66. The van der Waals surface area contributed by atoms with Crippen LogP contribution in [0.4, 0.5) is 0 Å². The molecule has 1 aromatic rings. The highest BCUT2D eigenvalue weighted by atomic mass is 32.2. The van der Waals surface area contributed by atoms with Crippen LogP contribution in [0.2, 0.25) is 0 Å². The van der Waals surface area contributed by atoms with Crippen LogP contribution in [0.5, 0.6) is 0 Å². The van der Waals surface area contributed by atoms with Gasteiger partial charge in [-0.25, -0.2) is 0 Å². The van der Waals surface area contributed by atoms with Crippen LogP contribution < -0.4 is 0 Å². The Labute approximate surface area is 87.9 Å². The van der Waals surface area contributed by atoms with Crippen molar-refractivity contribution in [2.24, 2.45) is 0 Å². The molecular formula is C12H12OS. The van der Waals surface area contributed by atoms with Gasteiger partial charge in [0.1, 0.15) is 5.78 Å². The fraction of sp³-hybridized carbons (Fsp3) is 0.417. The molecule has 0 spiro atoms. The highest BCUT2D eigenvalue weighted by Gasteiger charge is 2.39. The number of hydrogen-bond acceptors (Lipinski definition) is 2. The Morgan fingerprint density at radius 3 is 3.07 bits per heavy atom. The van der Waals surface area contributed by atoms with Gasteiger partial charge in [-0.1, -0.05) is 18.2 Å². The molecule has 3 rings (SSSR count). The lowest BCUT2D eigenvalue weighted by atomic mass is 9.83. The maximum atomic E-state index is 11.7. The summed E-state index contributed by atoms with van der Waals surface area (Å²) in [5, 5.41) is 0.237. The molecule has 0 unspecified atom stereocenters. The first-order valence-corrected chi connectivity index (χ1v) is 6.02. The van der Waals surface area contributed by atoms with Crippen LogP contribution in [0.15, 0.2) is 29.2 Å². The number of benzene rings is 1. The molecule has 2 heteroatoms. The lowest BCUT2D eigenvalue weighted by Crippen LogP contribution is -2.25. The molecule has 0 saturated heterocycles. The molecular weight excluding hydrogens is 192 g/mol. The molecule has 2 atom stereocenters. The summed E-state index contributed by atoms with van der Waals surface area (Å²) in [6, 6.07) is 8.48. The standard InChI is InChI=1S/C12H12OS/c13-10-6-3-5-9-8-4-1-2-7-11(8)14-12(9)10/h1-2,4,7,9,12H,3,5-6H2/t9-,12+/m1/s1. The van der Waals surface area contributed by atoms with Gasteiger partial charge in [-0.3, -0.25) is 4.79 Å². The smallest absolute Gasteiger partial charge is 0.146 e. The molecule has 14 heavy (non-hydrogen) atoms. The number of rotatable bonds is 0. The lowest BCUT2D eigenvalue weighted by molar-refractivity contribution is -0.120. The molecule has 1 nitrogen and oxygen atoms in total. The van der Waals surface area contributed by atoms with Crippen molar-refractivity contribution in [3.8, 4) is 0 Å². The Morgan fingerprint density at radius 1 is 1.29 bits per heavy atom. The van der Waals surface area contributed by atoms with E-state index in [1.54, 1.807) is 11.8 Å². The molecule has 1 aliphatic heterocycles. The van der Waals surface area contributed by atoms with Crippen LogP contribution in [0.1, 0.15) is 30.7 Å². The van der Waals surface area contributed by atoms with Gasteiger partial charge in [0.2, 0.25) is 0 Å². The lowest BCUT2D eigenvalue weighted by Gasteiger charge is -2.23. The predicted molar refractivity (Wildman–Crippen MR) is 57.7 cm³/mol. The van der Waals surface area contributed by atoms with E-state index in [1.807, 2.05) is 0 Å². The number of Topliss-reactive ketones (excluding diaryl/α,β-unsaturated/α-hetero) is 1. The highest BCUT2D eigenvalue weighted by Crippen LogP contribution is 2.50. The third-order valence-electron chi connectivity index (χ3n) is 3.19. The Kier molecular flexibility index (Phi) is 1.91. The second kappa shape index (κ2) is 3.13. The SMILES string of the molecule is O=C1CCC[C@@H]2c3ccccc3S[C@H]12. The van der Waals surface area contributed by atoms with Crippen molar-refractivity contribution in [3.05, 3.63) is 29.8 Å². The van der Waals surface area contributed by atoms with Crippen molar-refractivity contribution < 1.29 is 4.79 Å². The van der Waals surface area contributed by atoms with Crippen LogP contribution in [0.3, 0.4) is 0 Å². The topological polar surface area (TPSA) is 17.1 Å². The average Bonchev–Trinajstić information content (AvgIpc) is 2.59. The number of carbonyl (C=O) groups excluding carboxylic acids is 1. The summed E-state index contributed by atoms with van der Waals surface area (Å²) < 4.78 is 0. The Hall–Kier alpha value is -0.760. The average molecular weight is 204 g/mol. The molecule has 1 fully saturated rings. The van der Waals surface area contributed by atoms with Crippen LogP contribution in [-0.4, -0.2) is 11.0 Å². The second-order valence-electron chi connectivity index (χ2n) is 4.04. The molecule has 1 saturated carbocycles. The molecule has 0 radical (unpaired) electrons. The Balaban J connectivity index is 2.04. The molecule has 0 N–H and O–H groups in total. The normalized spacial score (nSPS) is 29.9. The Bertz CT molecular complexity index is 386. The van der Waals surface area contributed by atoms with Gasteiger partial charge in [0, 0.05) is 17.2 Å². The van der Waals surface area contributed by atoms with Crippen molar-refractivity contribution in [1.82, 2.24) is 0 Å². The van der Waals surface area contributed by atoms with E-state index < -0.39 is 0 Å². The number of ketones is 1. The van der Waals surface area contributed by atoms with Crippen molar-refractivity contribution >= 4 is 17.5 Å². The predicted octanol–water partition coefficient (Wildman–Crippen LogP) is 3.00. The van der Waals surface area contributed by atoms with E-state index in [-0.39, 0.29) is 5.25 Å². The quantitative estimate of drug-likeness (QED) is 0.646.